The Bertz CT molecular complexity index is 996. The van der Waals surface area contributed by atoms with Gasteiger partial charge in [-0.25, -0.2) is 9.37 Å². The normalized spacial score (nSPS) is 14.2. The first-order valence-electron chi connectivity index (χ1n) is 9.99. The number of nitrogens with zero attached hydrogens (tertiary/aromatic N) is 2. The molecule has 1 saturated carbocycles. The number of H-pyrrole nitrogens is 1. The summed E-state index contributed by atoms with van der Waals surface area (Å²) >= 11 is 0. The molecule has 0 aliphatic heterocycles. The van der Waals surface area contributed by atoms with Crippen molar-refractivity contribution < 1.29 is 9.13 Å². The fraction of sp³-hybridized carbons (Fsp3) is 0.364. The predicted molar refractivity (Wildman–Crippen MR) is 113 cm³/mol. The number of pyridine rings is 1. The lowest BCUT2D eigenvalue weighted by Crippen LogP contribution is -2.37. The van der Waals surface area contributed by atoms with Gasteiger partial charge in [-0.3, -0.25) is 4.99 Å². The fourth-order valence-corrected chi connectivity index (χ4v) is 3.21. The number of rotatable bonds is 8. The molecule has 1 aliphatic rings. The van der Waals surface area contributed by atoms with Crippen molar-refractivity contribution in [1.82, 2.24) is 20.6 Å². The Morgan fingerprint density at radius 3 is 3.00 bits per heavy atom. The molecule has 0 radical (unpaired) electrons. The second-order valence-electron chi connectivity index (χ2n) is 7.36. The van der Waals surface area contributed by atoms with Gasteiger partial charge in [-0.15, -0.1) is 0 Å². The summed E-state index contributed by atoms with van der Waals surface area (Å²) in [6.45, 7) is 2.07. The highest BCUT2D eigenvalue weighted by molar-refractivity contribution is 5.83. The van der Waals surface area contributed by atoms with Crippen LogP contribution in [0.5, 0.6) is 5.88 Å². The Morgan fingerprint density at radius 1 is 1.28 bits per heavy atom. The molecule has 0 spiro atoms. The summed E-state index contributed by atoms with van der Waals surface area (Å²) in [6.07, 6.45) is 6.99. The van der Waals surface area contributed by atoms with Crippen LogP contribution in [0.1, 0.15) is 24.0 Å². The molecular formula is C22H26FN5O. The highest BCUT2D eigenvalue weighted by Crippen LogP contribution is 2.29. The van der Waals surface area contributed by atoms with Crippen LogP contribution in [0.2, 0.25) is 0 Å². The van der Waals surface area contributed by atoms with Crippen LogP contribution in [-0.2, 0) is 13.0 Å². The molecule has 1 aromatic carbocycles. The van der Waals surface area contributed by atoms with Gasteiger partial charge in [0.15, 0.2) is 5.96 Å². The van der Waals surface area contributed by atoms with E-state index in [1.54, 1.807) is 25.4 Å². The average molecular weight is 395 g/mol. The van der Waals surface area contributed by atoms with Gasteiger partial charge in [0.25, 0.3) is 0 Å². The van der Waals surface area contributed by atoms with Crippen molar-refractivity contribution in [1.29, 1.82) is 0 Å². The summed E-state index contributed by atoms with van der Waals surface area (Å²) in [5, 5.41) is 7.53. The molecule has 4 rings (SSSR count). The number of halogens is 1. The van der Waals surface area contributed by atoms with Crippen molar-refractivity contribution in [3.63, 3.8) is 0 Å². The molecule has 0 atom stereocenters. The van der Waals surface area contributed by atoms with Gasteiger partial charge in [-0.05, 0) is 60.6 Å². The van der Waals surface area contributed by atoms with Gasteiger partial charge in [0.1, 0.15) is 5.82 Å². The number of aromatic nitrogens is 2. The summed E-state index contributed by atoms with van der Waals surface area (Å²) in [5.41, 5.74) is 3.11. The molecule has 7 heteroatoms. The third-order valence-corrected chi connectivity index (χ3v) is 5.06. The number of aromatic amines is 1. The van der Waals surface area contributed by atoms with Crippen LogP contribution < -0.4 is 15.4 Å². The number of fused-ring (bicyclic) bond motifs is 1. The average Bonchev–Trinajstić information content (AvgIpc) is 3.49. The molecule has 0 bridgehead atoms. The van der Waals surface area contributed by atoms with E-state index in [1.165, 1.54) is 18.9 Å². The molecular weight excluding hydrogens is 369 g/mol. The third kappa shape index (κ3) is 5.25. The predicted octanol–water partition coefficient (Wildman–Crippen LogP) is 3.40. The van der Waals surface area contributed by atoms with E-state index >= 15 is 0 Å². The second kappa shape index (κ2) is 8.94. The number of ether oxygens (including phenoxy) is 1. The zero-order chi connectivity index (χ0) is 20.1. The van der Waals surface area contributed by atoms with E-state index in [-0.39, 0.29) is 5.82 Å². The Kier molecular flexibility index (Phi) is 5.93. The molecule has 1 aliphatic carbocycles. The standard InChI is InChI=1S/C22H26FN5O/c1-24-22(26-9-7-17-13-27-20-5-4-18(23)11-19(17)20)28-12-16-6-8-25-21(10-16)29-14-15-2-3-15/h4-6,8,10-11,13,15,27H,2-3,7,9,12,14H2,1H3,(H2,24,26,28). The van der Waals surface area contributed by atoms with Crippen LogP contribution in [0.3, 0.4) is 0 Å². The molecule has 2 heterocycles. The largest absolute Gasteiger partial charge is 0.477 e. The van der Waals surface area contributed by atoms with Crippen LogP contribution in [0.4, 0.5) is 4.39 Å². The van der Waals surface area contributed by atoms with Crippen molar-refractivity contribution in [3.8, 4) is 5.88 Å². The van der Waals surface area contributed by atoms with Crippen molar-refractivity contribution in [2.75, 3.05) is 20.2 Å². The van der Waals surface area contributed by atoms with Gasteiger partial charge < -0.3 is 20.4 Å². The summed E-state index contributed by atoms with van der Waals surface area (Å²) < 4.78 is 19.2. The Morgan fingerprint density at radius 2 is 2.17 bits per heavy atom. The first kappa shape index (κ1) is 19.2. The highest BCUT2D eigenvalue weighted by atomic mass is 19.1. The number of nitrogens with one attached hydrogen (secondary N) is 3. The van der Waals surface area contributed by atoms with Crippen LogP contribution in [-0.4, -0.2) is 36.1 Å². The first-order chi connectivity index (χ1) is 14.2. The minimum absolute atomic E-state index is 0.221. The van der Waals surface area contributed by atoms with E-state index in [0.717, 1.165) is 35.1 Å². The number of benzene rings is 1. The molecule has 3 aromatic rings. The Hall–Kier alpha value is -3.09. The second-order valence-corrected chi connectivity index (χ2v) is 7.36. The van der Waals surface area contributed by atoms with Gasteiger partial charge in [0.05, 0.1) is 6.61 Å². The van der Waals surface area contributed by atoms with E-state index in [2.05, 4.69) is 25.6 Å². The molecule has 6 nitrogen and oxygen atoms in total. The molecule has 29 heavy (non-hydrogen) atoms. The summed E-state index contributed by atoms with van der Waals surface area (Å²) in [5.74, 6) is 1.87. The summed E-state index contributed by atoms with van der Waals surface area (Å²) in [6, 6.07) is 8.72. The number of guanidine groups is 1. The Labute approximate surface area is 169 Å². The zero-order valence-corrected chi connectivity index (χ0v) is 16.5. The van der Waals surface area contributed by atoms with Gasteiger partial charge in [-0.2, -0.15) is 0 Å². The minimum atomic E-state index is -0.221. The SMILES string of the molecule is CN=C(NCCc1c[nH]c2ccc(F)cc12)NCc1ccnc(OCC2CC2)c1. The van der Waals surface area contributed by atoms with Crippen LogP contribution in [0, 0.1) is 11.7 Å². The fourth-order valence-electron chi connectivity index (χ4n) is 3.21. The minimum Gasteiger partial charge on any atom is -0.477 e. The van der Waals surface area contributed by atoms with Gasteiger partial charge >= 0.3 is 0 Å². The van der Waals surface area contributed by atoms with Crippen LogP contribution in [0.15, 0.2) is 47.7 Å². The third-order valence-electron chi connectivity index (χ3n) is 5.06. The van der Waals surface area contributed by atoms with E-state index in [0.29, 0.717) is 30.8 Å². The lowest BCUT2D eigenvalue weighted by atomic mass is 10.1. The van der Waals surface area contributed by atoms with Gasteiger partial charge in [0, 0.05) is 49.5 Å². The lowest BCUT2D eigenvalue weighted by molar-refractivity contribution is 0.288. The van der Waals surface area contributed by atoms with E-state index in [9.17, 15) is 4.39 Å². The van der Waals surface area contributed by atoms with E-state index in [1.807, 2.05) is 18.3 Å². The van der Waals surface area contributed by atoms with Crippen molar-refractivity contribution in [2.24, 2.45) is 10.9 Å². The monoisotopic (exact) mass is 395 g/mol. The zero-order valence-electron chi connectivity index (χ0n) is 16.5. The maximum Gasteiger partial charge on any atom is 0.213 e. The van der Waals surface area contributed by atoms with Gasteiger partial charge in [-0.1, -0.05) is 0 Å². The molecule has 0 saturated heterocycles. The van der Waals surface area contributed by atoms with Gasteiger partial charge in [0.2, 0.25) is 5.88 Å². The topological polar surface area (TPSA) is 74.3 Å². The number of hydrogen-bond donors (Lipinski definition) is 3. The lowest BCUT2D eigenvalue weighted by Gasteiger charge is -2.12. The maximum absolute atomic E-state index is 13.5. The number of aliphatic imine (C=N–C) groups is 1. The maximum atomic E-state index is 13.5. The summed E-state index contributed by atoms with van der Waals surface area (Å²) in [4.78, 5) is 11.7. The molecule has 2 aromatic heterocycles. The number of hydrogen-bond acceptors (Lipinski definition) is 3. The summed E-state index contributed by atoms with van der Waals surface area (Å²) in [7, 11) is 1.74. The molecule has 0 amide bonds. The van der Waals surface area contributed by atoms with Crippen LogP contribution in [0.25, 0.3) is 10.9 Å². The Balaban J connectivity index is 1.26. The highest BCUT2D eigenvalue weighted by Gasteiger charge is 2.22. The van der Waals surface area contributed by atoms with Crippen LogP contribution >= 0.6 is 0 Å². The van der Waals surface area contributed by atoms with Crippen molar-refractivity contribution >= 4 is 16.9 Å². The molecule has 0 unspecified atom stereocenters. The van der Waals surface area contributed by atoms with Crippen molar-refractivity contribution in [3.05, 3.63) is 59.7 Å². The van der Waals surface area contributed by atoms with E-state index < -0.39 is 0 Å². The molecule has 3 N–H and O–H groups in total. The van der Waals surface area contributed by atoms with Crippen molar-refractivity contribution in [2.45, 2.75) is 25.8 Å². The van der Waals surface area contributed by atoms with E-state index in [4.69, 9.17) is 4.74 Å². The first-order valence-corrected chi connectivity index (χ1v) is 9.99. The quantitative estimate of drug-likeness (QED) is 0.404. The molecule has 1 fully saturated rings. The molecule has 152 valence electrons. The smallest absolute Gasteiger partial charge is 0.213 e.